The Kier molecular flexibility index (Phi) is 3.66. The zero-order chi connectivity index (χ0) is 13.8. The number of anilines is 2. The van der Waals surface area contributed by atoms with Crippen LogP contribution in [0, 0.1) is 0 Å². The lowest BCUT2D eigenvalue weighted by Gasteiger charge is -2.13. The molecule has 0 fully saturated rings. The maximum Gasteiger partial charge on any atom is 0.256 e. The summed E-state index contributed by atoms with van der Waals surface area (Å²) in [5.41, 5.74) is 1.44. The lowest BCUT2D eigenvalue weighted by molar-refractivity contribution is 0.102. The van der Waals surface area contributed by atoms with E-state index in [-0.39, 0.29) is 17.5 Å². The normalized spacial score (nSPS) is 10.0. The summed E-state index contributed by atoms with van der Waals surface area (Å²) in [5.74, 6) is -0.208. The van der Waals surface area contributed by atoms with E-state index >= 15 is 0 Å². The molecule has 1 amide bonds. The second-order valence-electron chi connectivity index (χ2n) is 4.27. The van der Waals surface area contributed by atoms with Crippen LogP contribution in [0.5, 0.6) is 5.75 Å². The van der Waals surface area contributed by atoms with Gasteiger partial charge in [-0.15, -0.1) is 0 Å². The number of hydrogen-bond acceptors (Lipinski definition) is 4. The molecule has 0 spiro atoms. The Labute approximate surface area is 111 Å². The molecule has 2 aromatic rings. The highest BCUT2D eigenvalue weighted by molar-refractivity contribution is 6.04. The van der Waals surface area contributed by atoms with Crippen molar-refractivity contribution >= 4 is 17.4 Å². The van der Waals surface area contributed by atoms with Crippen LogP contribution in [0.3, 0.4) is 0 Å². The largest absolute Gasteiger partial charge is 0.504 e. The third-order valence-electron chi connectivity index (χ3n) is 2.64. The van der Waals surface area contributed by atoms with Crippen molar-refractivity contribution in [2.75, 3.05) is 24.3 Å². The van der Waals surface area contributed by atoms with Crippen LogP contribution in [0.1, 0.15) is 10.4 Å². The van der Waals surface area contributed by atoms with Crippen molar-refractivity contribution in [3.05, 3.63) is 48.2 Å². The Hall–Kier alpha value is -2.56. The second-order valence-corrected chi connectivity index (χ2v) is 4.27. The standard InChI is InChI=1S/C14H15N3O2/c1-17(2)11-6-3-5-10(9-11)14(19)16-13-12(18)7-4-8-15-13/h3-9,18H,1-2H3,(H,15,16,19). The van der Waals surface area contributed by atoms with Crippen molar-refractivity contribution in [1.29, 1.82) is 0 Å². The van der Waals surface area contributed by atoms with E-state index in [2.05, 4.69) is 10.3 Å². The number of benzene rings is 1. The minimum atomic E-state index is -0.308. The van der Waals surface area contributed by atoms with Gasteiger partial charge in [0.15, 0.2) is 11.6 Å². The van der Waals surface area contributed by atoms with Crippen LogP contribution >= 0.6 is 0 Å². The molecule has 0 atom stereocenters. The van der Waals surface area contributed by atoms with Crippen LogP contribution in [-0.4, -0.2) is 30.1 Å². The minimum Gasteiger partial charge on any atom is -0.504 e. The van der Waals surface area contributed by atoms with Gasteiger partial charge in [0.05, 0.1) is 0 Å². The first-order valence-corrected chi connectivity index (χ1v) is 5.80. The van der Waals surface area contributed by atoms with Gasteiger partial charge in [0.25, 0.3) is 5.91 Å². The van der Waals surface area contributed by atoms with Crippen LogP contribution in [0.25, 0.3) is 0 Å². The van der Waals surface area contributed by atoms with E-state index in [1.165, 1.54) is 12.3 Å². The van der Waals surface area contributed by atoms with Crippen LogP contribution in [-0.2, 0) is 0 Å². The monoisotopic (exact) mass is 257 g/mol. The number of nitrogens with one attached hydrogen (secondary N) is 1. The summed E-state index contributed by atoms with van der Waals surface area (Å²) < 4.78 is 0. The fraction of sp³-hybridized carbons (Fsp3) is 0.143. The van der Waals surface area contributed by atoms with Crippen molar-refractivity contribution in [2.24, 2.45) is 0 Å². The van der Waals surface area contributed by atoms with Crippen molar-refractivity contribution in [2.45, 2.75) is 0 Å². The van der Waals surface area contributed by atoms with Crippen LogP contribution < -0.4 is 10.2 Å². The molecule has 0 aliphatic rings. The van der Waals surface area contributed by atoms with E-state index in [1.54, 1.807) is 18.2 Å². The van der Waals surface area contributed by atoms with Gasteiger partial charge in [-0.05, 0) is 30.3 Å². The molecule has 0 aliphatic heterocycles. The molecule has 0 aliphatic carbocycles. The Balaban J connectivity index is 2.21. The van der Waals surface area contributed by atoms with Crippen LogP contribution in [0.15, 0.2) is 42.6 Å². The first-order chi connectivity index (χ1) is 9.08. The van der Waals surface area contributed by atoms with Gasteiger partial charge in [0, 0.05) is 31.5 Å². The number of amides is 1. The summed E-state index contributed by atoms with van der Waals surface area (Å²) in [4.78, 5) is 17.9. The fourth-order valence-electron chi connectivity index (χ4n) is 1.60. The number of nitrogens with zero attached hydrogens (tertiary/aromatic N) is 2. The summed E-state index contributed by atoms with van der Waals surface area (Å²) in [5, 5.41) is 12.1. The van der Waals surface area contributed by atoms with Crippen molar-refractivity contribution < 1.29 is 9.90 Å². The zero-order valence-electron chi connectivity index (χ0n) is 10.8. The topological polar surface area (TPSA) is 65.5 Å². The lowest BCUT2D eigenvalue weighted by Crippen LogP contribution is -2.14. The highest BCUT2D eigenvalue weighted by Crippen LogP contribution is 2.20. The quantitative estimate of drug-likeness (QED) is 0.883. The highest BCUT2D eigenvalue weighted by Gasteiger charge is 2.10. The highest BCUT2D eigenvalue weighted by atomic mass is 16.3. The molecule has 0 bridgehead atoms. The van der Waals surface area contributed by atoms with Gasteiger partial charge in [0.2, 0.25) is 0 Å². The number of hydrogen-bond donors (Lipinski definition) is 2. The van der Waals surface area contributed by atoms with E-state index < -0.39 is 0 Å². The second kappa shape index (κ2) is 5.39. The summed E-state index contributed by atoms with van der Waals surface area (Å²) in [6.07, 6.45) is 1.51. The molecule has 5 heteroatoms. The van der Waals surface area contributed by atoms with Crippen molar-refractivity contribution in [1.82, 2.24) is 4.98 Å². The van der Waals surface area contributed by atoms with Gasteiger partial charge in [-0.3, -0.25) is 4.79 Å². The van der Waals surface area contributed by atoms with Crippen LogP contribution in [0.4, 0.5) is 11.5 Å². The first kappa shape index (κ1) is 12.9. The van der Waals surface area contributed by atoms with E-state index in [1.807, 2.05) is 31.1 Å². The number of aromatic hydroxyl groups is 1. The third kappa shape index (κ3) is 3.01. The first-order valence-electron chi connectivity index (χ1n) is 5.80. The fourth-order valence-corrected chi connectivity index (χ4v) is 1.60. The number of aromatic nitrogens is 1. The third-order valence-corrected chi connectivity index (χ3v) is 2.64. The Morgan fingerprint density at radius 1 is 1.26 bits per heavy atom. The average Bonchev–Trinajstić information content (AvgIpc) is 2.41. The van der Waals surface area contributed by atoms with Gasteiger partial charge in [-0.1, -0.05) is 6.07 Å². The van der Waals surface area contributed by atoms with E-state index in [0.717, 1.165) is 5.69 Å². The summed E-state index contributed by atoms with van der Waals surface area (Å²) in [7, 11) is 3.81. The number of carbonyl (C=O) groups excluding carboxylic acids is 1. The molecular formula is C14H15N3O2. The van der Waals surface area contributed by atoms with Gasteiger partial charge < -0.3 is 15.3 Å². The molecule has 1 aromatic heterocycles. The molecule has 1 heterocycles. The van der Waals surface area contributed by atoms with Gasteiger partial charge in [0.1, 0.15) is 0 Å². The Bertz CT molecular complexity index is 597. The molecule has 0 saturated heterocycles. The molecule has 0 radical (unpaired) electrons. The maximum atomic E-state index is 12.1. The molecular weight excluding hydrogens is 242 g/mol. The Morgan fingerprint density at radius 2 is 2.05 bits per heavy atom. The van der Waals surface area contributed by atoms with E-state index in [0.29, 0.717) is 5.56 Å². The van der Waals surface area contributed by atoms with Gasteiger partial charge in [-0.25, -0.2) is 4.98 Å². The predicted octanol–water partition coefficient (Wildman–Crippen LogP) is 2.11. The molecule has 2 rings (SSSR count). The van der Waals surface area contributed by atoms with Crippen LogP contribution in [0.2, 0.25) is 0 Å². The van der Waals surface area contributed by atoms with E-state index in [4.69, 9.17) is 0 Å². The Morgan fingerprint density at radius 3 is 2.74 bits per heavy atom. The molecule has 2 N–H and O–H groups in total. The van der Waals surface area contributed by atoms with Gasteiger partial charge in [-0.2, -0.15) is 0 Å². The smallest absolute Gasteiger partial charge is 0.256 e. The molecule has 0 unspecified atom stereocenters. The molecule has 19 heavy (non-hydrogen) atoms. The summed E-state index contributed by atoms with van der Waals surface area (Å²) in [6, 6.07) is 10.3. The molecule has 5 nitrogen and oxygen atoms in total. The predicted molar refractivity (Wildman–Crippen MR) is 74.6 cm³/mol. The number of rotatable bonds is 3. The summed E-state index contributed by atoms with van der Waals surface area (Å²) >= 11 is 0. The number of carbonyl (C=O) groups is 1. The van der Waals surface area contributed by atoms with Crippen molar-refractivity contribution in [3.63, 3.8) is 0 Å². The number of pyridine rings is 1. The van der Waals surface area contributed by atoms with Crippen molar-refractivity contribution in [3.8, 4) is 5.75 Å². The average molecular weight is 257 g/mol. The maximum absolute atomic E-state index is 12.1. The molecule has 98 valence electrons. The summed E-state index contributed by atoms with van der Waals surface area (Å²) in [6.45, 7) is 0. The van der Waals surface area contributed by atoms with Gasteiger partial charge >= 0.3 is 0 Å². The van der Waals surface area contributed by atoms with E-state index in [9.17, 15) is 9.90 Å². The lowest BCUT2D eigenvalue weighted by atomic mass is 10.2. The zero-order valence-corrected chi connectivity index (χ0v) is 10.8. The minimum absolute atomic E-state index is 0.0559. The molecule has 1 aromatic carbocycles. The molecule has 0 saturated carbocycles. The SMILES string of the molecule is CN(C)c1cccc(C(=O)Nc2ncccc2O)c1.